The lowest BCUT2D eigenvalue weighted by molar-refractivity contribution is 0.635. The van der Waals surface area contributed by atoms with Gasteiger partial charge in [0.15, 0.2) is 5.82 Å². The van der Waals surface area contributed by atoms with Gasteiger partial charge in [0, 0.05) is 37.6 Å². The second kappa shape index (κ2) is 7.61. The van der Waals surface area contributed by atoms with Gasteiger partial charge in [-0.25, -0.2) is 0 Å². The van der Waals surface area contributed by atoms with Crippen molar-refractivity contribution in [1.29, 1.82) is 0 Å². The van der Waals surface area contributed by atoms with Gasteiger partial charge >= 0.3 is 0 Å². The normalized spacial score (nSPS) is 14.3. The summed E-state index contributed by atoms with van der Waals surface area (Å²) in [4.78, 5) is 9.26. The summed E-state index contributed by atoms with van der Waals surface area (Å²) in [6.07, 6.45) is 1.66. The molecule has 0 radical (unpaired) electrons. The van der Waals surface area contributed by atoms with Crippen molar-refractivity contribution in [3.05, 3.63) is 65.9 Å². The maximum Gasteiger partial charge on any atom is 0.247 e. The predicted octanol–water partition coefficient (Wildman–Crippen LogP) is 3.56. The van der Waals surface area contributed by atoms with Gasteiger partial charge in [-0.15, -0.1) is 5.10 Å². The molecule has 1 aliphatic rings. The smallest absolute Gasteiger partial charge is 0.247 e. The minimum absolute atomic E-state index is 0.677. The van der Waals surface area contributed by atoms with Crippen molar-refractivity contribution in [2.75, 3.05) is 41.3 Å². The van der Waals surface area contributed by atoms with Crippen molar-refractivity contribution in [2.24, 2.45) is 0 Å². The highest BCUT2D eigenvalue weighted by atomic mass is 15.4. The molecule has 1 N–H and O–H groups in total. The topological polar surface area (TPSA) is 57.2 Å². The van der Waals surface area contributed by atoms with Crippen molar-refractivity contribution in [3.8, 4) is 0 Å². The molecule has 0 amide bonds. The maximum absolute atomic E-state index is 4.66. The molecule has 6 heteroatoms. The Morgan fingerprint density at radius 2 is 1.56 bits per heavy atom. The van der Waals surface area contributed by atoms with Crippen LogP contribution < -0.4 is 15.1 Å². The fraction of sp³-hybridized carbons (Fsp3) is 0.286. The molecule has 27 heavy (non-hydrogen) atoms. The molecule has 1 fully saturated rings. The van der Waals surface area contributed by atoms with Crippen LogP contribution in [0.3, 0.4) is 0 Å². The molecule has 4 rings (SSSR count). The molecule has 0 saturated carbocycles. The van der Waals surface area contributed by atoms with E-state index in [-0.39, 0.29) is 0 Å². The van der Waals surface area contributed by atoms with Crippen LogP contribution in [0.2, 0.25) is 0 Å². The fourth-order valence-electron chi connectivity index (χ4n) is 3.35. The standard InChI is InChI=1S/C21H24N6/c1-16-5-3-7-18(13-16)23-20-15-22-25-21(24-20)27-11-9-26(10-12-27)19-8-4-6-17(2)14-19/h3-8,13-15H,9-12H2,1-2H3,(H,23,24,25). The van der Waals surface area contributed by atoms with Crippen LogP contribution in [0.5, 0.6) is 0 Å². The summed E-state index contributed by atoms with van der Waals surface area (Å²) in [6, 6.07) is 16.9. The van der Waals surface area contributed by atoms with Gasteiger partial charge in [-0.05, 0) is 49.2 Å². The number of rotatable bonds is 4. The number of hydrogen-bond donors (Lipinski definition) is 1. The number of aromatic nitrogens is 3. The minimum atomic E-state index is 0.677. The first-order valence-corrected chi connectivity index (χ1v) is 9.27. The Hall–Kier alpha value is -3.15. The first-order chi connectivity index (χ1) is 13.2. The van der Waals surface area contributed by atoms with E-state index in [1.807, 2.05) is 12.1 Å². The molecule has 0 atom stereocenters. The van der Waals surface area contributed by atoms with Crippen LogP contribution in [0.25, 0.3) is 0 Å². The lowest BCUT2D eigenvalue weighted by Crippen LogP contribution is -2.47. The number of anilines is 4. The Morgan fingerprint density at radius 1 is 0.852 bits per heavy atom. The Balaban J connectivity index is 1.42. The number of aryl methyl sites for hydroxylation is 2. The lowest BCUT2D eigenvalue weighted by Gasteiger charge is -2.36. The summed E-state index contributed by atoms with van der Waals surface area (Å²) in [7, 11) is 0. The van der Waals surface area contributed by atoms with E-state index in [1.165, 1.54) is 16.8 Å². The first-order valence-electron chi connectivity index (χ1n) is 9.27. The highest BCUT2D eigenvalue weighted by Gasteiger charge is 2.20. The zero-order chi connectivity index (χ0) is 18.6. The first kappa shape index (κ1) is 17.3. The van der Waals surface area contributed by atoms with Crippen LogP contribution in [-0.4, -0.2) is 41.4 Å². The van der Waals surface area contributed by atoms with E-state index < -0.39 is 0 Å². The number of nitrogens with one attached hydrogen (secondary N) is 1. The van der Waals surface area contributed by atoms with Crippen molar-refractivity contribution >= 4 is 23.1 Å². The molecule has 1 aromatic heterocycles. The van der Waals surface area contributed by atoms with Gasteiger partial charge in [-0.3, -0.25) is 0 Å². The minimum Gasteiger partial charge on any atom is -0.368 e. The van der Waals surface area contributed by atoms with E-state index in [1.54, 1.807) is 6.20 Å². The van der Waals surface area contributed by atoms with Crippen molar-refractivity contribution in [1.82, 2.24) is 15.2 Å². The van der Waals surface area contributed by atoms with Crippen LogP contribution in [0, 0.1) is 13.8 Å². The SMILES string of the molecule is Cc1cccc(Nc2cnnc(N3CCN(c4cccc(C)c4)CC3)n2)c1. The zero-order valence-corrected chi connectivity index (χ0v) is 15.8. The molecule has 138 valence electrons. The third kappa shape index (κ3) is 4.16. The lowest BCUT2D eigenvalue weighted by atomic mass is 10.2. The summed E-state index contributed by atoms with van der Waals surface area (Å²) >= 11 is 0. The Morgan fingerprint density at radius 3 is 2.30 bits per heavy atom. The Labute approximate surface area is 159 Å². The number of benzene rings is 2. The van der Waals surface area contributed by atoms with Crippen molar-refractivity contribution < 1.29 is 0 Å². The van der Waals surface area contributed by atoms with Crippen LogP contribution in [-0.2, 0) is 0 Å². The second-order valence-electron chi connectivity index (χ2n) is 6.95. The largest absolute Gasteiger partial charge is 0.368 e. The molecule has 1 aliphatic heterocycles. The van der Waals surface area contributed by atoms with Crippen LogP contribution >= 0.6 is 0 Å². The van der Waals surface area contributed by atoms with Gasteiger partial charge in [0.1, 0.15) is 0 Å². The van der Waals surface area contributed by atoms with Gasteiger partial charge in [0.05, 0.1) is 6.20 Å². The van der Waals surface area contributed by atoms with Gasteiger partial charge in [-0.1, -0.05) is 24.3 Å². The van der Waals surface area contributed by atoms with E-state index in [2.05, 4.69) is 80.5 Å². The summed E-state index contributed by atoms with van der Waals surface area (Å²) in [5.74, 6) is 1.39. The molecule has 2 heterocycles. The van der Waals surface area contributed by atoms with Gasteiger partial charge in [-0.2, -0.15) is 10.1 Å². The molecule has 2 aromatic carbocycles. The second-order valence-corrected chi connectivity index (χ2v) is 6.95. The number of piperazine rings is 1. The van der Waals surface area contributed by atoms with Gasteiger partial charge in [0.25, 0.3) is 0 Å². The van der Waals surface area contributed by atoms with E-state index in [9.17, 15) is 0 Å². The van der Waals surface area contributed by atoms with E-state index >= 15 is 0 Å². The molecular weight excluding hydrogens is 336 g/mol. The summed E-state index contributed by atoms with van der Waals surface area (Å²) in [5, 5.41) is 11.7. The zero-order valence-electron chi connectivity index (χ0n) is 15.8. The van der Waals surface area contributed by atoms with E-state index in [0.717, 1.165) is 31.9 Å². The van der Waals surface area contributed by atoms with Gasteiger partial charge < -0.3 is 15.1 Å². The Bertz CT molecular complexity index is 918. The highest BCUT2D eigenvalue weighted by molar-refractivity contribution is 5.57. The van der Waals surface area contributed by atoms with Crippen LogP contribution in [0.1, 0.15) is 11.1 Å². The summed E-state index contributed by atoms with van der Waals surface area (Å²) in [5.41, 5.74) is 4.78. The molecule has 0 spiro atoms. The average Bonchev–Trinajstić information content (AvgIpc) is 2.68. The molecule has 3 aromatic rings. The third-order valence-corrected chi connectivity index (χ3v) is 4.77. The molecule has 0 aliphatic carbocycles. The third-order valence-electron chi connectivity index (χ3n) is 4.77. The van der Waals surface area contributed by atoms with Crippen LogP contribution in [0.15, 0.2) is 54.7 Å². The van der Waals surface area contributed by atoms with Gasteiger partial charge in [0.2, 0.25) is 5.95 Å². The highest BCUT2D eigenvalue weighted by Crippen LogP contribution is 2.21. The number of hydrogen-bond acceptors (Lipinski definition) is 6. The Kier molecular flexibility index (Phi) is 4.87. The monoisotopic (exact) mass is 360 g/mol. The van der Waals surface area contributed by atoms with E-state index in [0.29, 0.717) is 11.8 Å². The fourth-order valence-corrected chi connectivity index (χ4v) is 3.35. The van der Waals surface area contributed by atoms with E-state index in [4.69, 9.17) is 0 Å². The van der Waals surface area contributed by atoms with Crippen molar-refractivity contribution in [2.45, 2.75) is 13.8 Å². The molecular formula is C21H24N6. The molecule has 6 nitrogen and oxygen atoms in total. The summed E-state index contributed by atoms with van der Waals surface area (Å²) < 4.78 is 0. The number of nitrogens with zero attached hydrogens (tertiary/aromatic N) is 5. The predicted molar refractivity (Wildman–Crippen MR) is 110 cm³/mol. The molecule has 1 saturated heterocycles. The van der Waals surface area contributed by atoms with Crippen molar-refractivity contribution in [3.63, 3.8) is 0 Å². The van der Waals surface area contributed by atoms with Crippen LogP contribution in [0.4, 0.5) is 23.1 Å². The molecule has 0 bridgehead atoms. The summed E-state index contributed by atoms with van der Waals surface area (Å²) in [6.45, 7) is 7.85. The molecule has 0 unspecified atom stereocenters. The average molecular weight is 360 g/mol. The maximum atomic E-state index is 4.66. The quantitative estimate of drug-likeness (QED) is 0.768.